The molecule has 7 nitrogen and oxygen atoms in total. The number of fused-ring (bicyclic) bond motifs is 1. The molecule has 2 aliphatic heterocycles. The third-order valence-corrected chi connectivity index (χ3v) is 5.06. The van der Waals surface area contributed by atoms with Crippen LogP contribution in [0.15, 0.2) is 30.6 Å². The quantitative estimate of drug-likeness (QED) is 0.786. The third-order valence-electron chi connectivity index (χ3n) is 5.06. The van der Waals surface area contributed by atoms with Gasteiger partial charge in [-0.15, -0.1) is 0 Å². The molecule has 1 aromatic heterocycles. The predicted molar refractivity (Wildman–Crippen MR) is 95.2 cm³/mol. The molecule has 3 heterocycles. The highest BCUT2D eigenvalue weighted by Gasteiger charge is 2.22. The molecule has 0 saturated carbocycles. The van der Waals surface area contributed by atoms with E-state index in [1.165, 1.54) is 5.56 Å². The van der Waals surface area contributed by atoms with Gasteiger partial charge in [-0.05, 0) is 55.1 Å². The van der Waals surface area contributed by atoms with Crippen LogP contribution >= 0.6 is 0 Å². The van der Waals surface area contributed by atoms with Crippen molar-refractivity contribution in [2.24, 2.45) is 0 Å². The largest absolute Gasteiger partial charge is 0.454 e. The van der Waals surface area contributed by atoms with Crippen molar-refractivity contribution in [1.29, 1.82) is 0 Å². The summed E-state index contributed by atoms with van der Waals surface area (Å²) in [5, 5.41) is 17.2. The van der Waals surface area contributed by atoms with Crippen LogP contribution in [-0.4, -0.2) is 59.3 Å². The van der Waals surface area contributed by atoms with Gasteiger partial charge in [-0.3, -0.25) is 5.10 Å². The Morgan fingerprint density at radius 3 is 2.92 bits per heavy atom. The van der Waals surface area contributed by atoms with Gasteiger partial charge >= 0.3 is 0 Å². The maximum absolute atomic E-state index is 10.3. The Hall–Kier alpha value is -2.09. The van der Waals surface area contributed by atoms with Crippen LogP contribution in [0.1, 0.15) is 29.9 Å². The second kappa shape index (κ2) is 8.07. The average molecular weight is 359 g/mol. The molecule has 0 aliphatic carbocycles. The molecule has 2 aromatic rings. The van der Waals surface area contributed by atoms with Gasteiger partial charge in [0.1, 0.15) is 0 Å². The highest BCUT2D eigenvalue weighted by Crippen LogP contribution is 2.32. The maximum Gasteiger partial charge on any atom is 0.231 e. The number of hydrogen-bond acceptors (Lipinski definition) is 6. The molecule has 1 atom stereocenters. The number of ether oxygens (including phenoxy) is 3. The molecule has 0 bridgehead atoms. The van der Waals surface area contributed by atoms with Gasteiger partial charge in [0.25, 0.3) is 0 Å². The molecule has 4 rings (SSSR count). The lowest BCUT2D eigenvalue weighted by Crippen LogP contribution is -2.39. The van der Waals surface area contributed by atoms with Crippen LogP contribution in [0, 0.1) is 0 Å². The molecule has 1 aromatic carbocycles. The lowest BCUT2D eigenvalue weighted by molar-refractivity contribution is 0.00619. The highest BCUT2D eigenvalue weighted by molar-refractivity contribution is 5.44. The first-order valence-electron chi connectivity index (χ1n) is 9.13. The second-order valence-corrected chi connectivity index (χ2v) is 6.96. The van der Waals surface area contributed by atoms with E-state index in [4.69, 9.17) is 14.2 Å². The summed E-state index contributed by atoms with van der Waals surface area (Å²) in [6.45, 7) is 3.70. The van der Waals surface area contributed by atoms with Crippen molar-refractivity contribution in [3.8, 4) is 11.5 Å². The summed E-state index contributed by atoms with van der Waals surface area (Å²) in [4.78, 5) is 2.31. The molecule has 2 aliphatic rings. The van der Waals surface area contributed by atoms with E-state index in [9.17, 15) is 5.11 Å². The summed E-state index contributed by atoms with van der Waals surface area (Å²) in [7, 11) is 0. The number of nitrogens with one attached hydrogen (secondary N) is 1. The summed E-state index contributed by atoms with van der Waals surface area (Å²) in [5.41, 5.74) is 2.31. The molecule has 0 radical (unpaired) electrons. The van der Waals surface area contributed by atoms with Crippen molar-refractivity contribution in [2.75, 3.05) is 33.0 Å². The molecule has 26 heavy (non-hydrogen) atoms. The minimum Gasteiger partial charge on any atom is -0.454 e. The topological polar surface area (TPSA) is 79.8 Å². The molecular formula is C19H25N3O4. The van der Waals surface area contributed by atoms with Gasteiger partial charge in [0.05, 0.1) is 25.5 Å². The molecule has 7 heteroatoms. The van der Waals surface area contributed by atoms with Crippen LogP contribution in [0.25, 0.3) is 0 Å². The zero-order valence-corrected chi connectivity index (χ0v) is 14.8. The number of aromatic nitrogens is 2. The number of β-amino-alcohol motifs (C(OH)–C–C–N with tert-alkyl or cyclic N) is 1. The van der Waals surface area contributed by atoms with Crippen LogP contribution in [0.4, 0.5) is 0 Å². The predicted octanol–water partition coefficient (Wildman–Crippen LogP) is 1.90. The van der Waals surface area contributed by atoms with Crippen molar-refractivity contribution in [1.82, 2.24) is 15.1 Å². The van der Waals surface area contributed by atoms with Crippen LogP contribution in [0.3, 0.4) is 0 Å². The average Bonchev–Trinajstić information content (AvgIpc) is 3.34. The number of aliphatic hydroxyl groups is 1. The fraction of sp³-hybridized carbons (Fsp3) is 0.526. The zero-order chi connectivity index (χ0) is 17.8. The van der Waals surface area contributed by atoms with Crippen LogP contribution in [-0.2, 0) is 11.3 Å². The first kappa shape index (κ1) is 17.3. The van der Waals surface area contributed by atoms with Crippen molar-refractivity contribution in [2.45, 2.75) is 31.5 Å². The van der Waals surface area contributed by atoms with Crippen molar-refractivity contribution in [3.05, 3.63) is 41.7 Å². The normalized spacial score (nSPS) is 19.0. The van der Waals surface area contributed by atoms with Crippen molar-refractivity contribution in [3.63, 3.8) is 0 Å². The van der Waals surface area contributed by atoms with Gasteiger partial charge in [-0.25, -0.2) is 0 Å². The number of piperidine rings is 1. The Balaban J connectivity index is 1.16. The Kier molecular flexibility index (Phi) is 5.38. The SMILES string of the molecule is OC(COCc1ccc2c(c1)OCO2)CN1CCC(c2cn[nH]c2)CC1. The van der Waals surface area contributed by atoms with E-state index in [-0.39, 0.29) is 6.79 Å². The van der Waals surface area contributed by atoms with Crippen molar-refractivity contribution >= 4 is 0 Å². The van der Waals surface area contributed by atoms with E-state index in [0.29, 0.717) is 25.7 Å². The molecule has 1 unspecified atom stereocenters. The number of aromatic amines is 1. The van der Waals surface area contributed by atoms with E-state index in [1.807, 2.05) is 30.6 Å². The lowest BCUT2D eigenvalue weighted by atomic mass is 9.91. The van der Waals surface area contributed by atoms with Gasteiger partial charge in [0.15, 0.2) is 11.5 Å². The Morgan fingerprint density at radius 1 is 1.27 bits per heavy atom. The van der Waals surface area contributed by atoms with Gasteiger partial charge in [-0.1, -0.05) is 6.07 Å². The minimum absolute atomic E-state index is 0.273. The van der Waals surface area contributed by atoms with E-state index in [1.54, 1.807) is 0 Å². The third kappa shape index (κ3) is 4.17. The first-order chi connectivity index (χ1) is 12.8. The molecule has 140 valence electrons. The number of nitrogens with zero attached hydrogens (tertiary/aromatic N) is 2. The summed E-state index contributed by atoms with van der Waals surface area (Å²) in [6.07, 6.45) is 5.63. The van der Waals surface area contributed by atoms with Crippen LogP contribution in [0.2, 0.25) is 0 Å². The number of aliphatic hydroxyl groups excluding tert-OH is 1. The lowest BCUT2D eigenvalue weighted by Gasteiger charge is -2.32. The molecule has 0 spiro atoms. The molecular weight excluding hydrogens is 334 g/mol. The Morgan fingerprint density at radius 2 is 2.12 bits per heavy atom. The number of likely N-dealkylation sites (tertiary alicyclic amines) is 1. The minimum atomic E-state index is -0.477. The Bertz CT molecular complexity index is 699. The van der Waals surface area contributed by atoms with Crippen LogP contribution < -0.4 is 9.47 Å². The molecule has 2 N–H and O–H groups in total. The second-order valence-electron chi connectivity index (χ2n) is 6.96. The fourth-order valence-corrected chi connectivity index (χ4v) is 3.63. The van der Waals surface area contributed by atoms with Gasteiger partial charge in [0.2, 0.25) is 6.79 Å². The number of benzene rings is 1. The molecule has 1 fully saturated rings. The monoisotopic (exact) mass is 359 g/mol. The van der Waals surface area contributed by atoms with Crippen LogP contribution in [0.5, 0.6) is 11.5 Å². The molecule has 0 amide bonds. The molecule has 1 saturated heterocycles. The fourth-order valence-electron chi connectivity index (χ4n) is 3.63. The van der Waals surface area contributed by atoms with Gasteiger partial charge in [-0.2, -0.15) is 5.10 Å². The zero-order valence-electron chi connectivity index (χ0n) is 14.8. The Labute approximate surface area is 152 Å². The smallest absolute Gasteiger partial charge is 0.231 e. The number of H-pyrrole nitrogens is 1. The summed E-state index contributed by atoms with van der Waals surface area (Å²) < 4.78 is 16.3. The van der Waals surface area contributed by atoms with Gasteiger partial charge in [0, 0.05) is 12.7 Å². The number of hydrogen-bond donors (Lipinski definition) is 2. The maximum atomic E-state index is 10.3. The first-order valence-corrected chi connectivity index (χ1v) is 9.13. The highest BCUT2D eigenvalue weighted by atomic mass is 16.7. The summed E-state index contributed by atoms with van der Waals surface area (Å²) in [6, 6.07) is 5.78. The van der Waals surface area contributed by atoms with E-state index in [2.05, 4.69) is 15.1 Å². The number of rotatable bonds is 7. The standard InChI is InChI=1S/C19H25N3O4/c23-17(10-22-5-3-15(4-6-22)16-8-20-21-9-16)12-24-11-14-1-2-18-19(7-14)26-13-25-18/h1-2,7-9,15,17,23H,3-6,10-13H2,(H,20,21). The summed E-state index contributed by atoms with van der Waals surface area (Å²) >= 11 is 0. The van der Waals surface area contributed by atoms with Crippen molar-refractivity contribution < 1.29 is 19.3 Å². The van der Waals surface area contributed by atoms with E-state index < -0.39 is 6.10 Å². The summed E-state index contributed by atoms with van der Waals surface area (Å²) in [5.74, 6) is 2.10. The van der Waals surface area contributed by atoms with Gasteiger partial charge < -0.3 is 24.2 Å². The van der Waals surface area contributed by atoms with E-state index >= 15 is 0 Å². The van der Waals surface area contributed by atoms with E-state index in [0.717, 1.165) is 43.0 Å².